The van der Waals surface area contributed by atoms with Gasteiger partial charge in [-0.15, -0.1) is 0 Å². The van der Waals surface area contributed by atoms with Crippen molar-refractivity contribution in [2.75, 3.05) is 0 Å². The van der Waals surface area contributed by atoms with Gasteiger partial charge in [-0.1, -0.05) is 6.07 Å². The van der Waals surface area contributed by atoms with Crippen LogP contribution < -0.4 is 0 Å². The van der Waals surface area contributed by atoms with Crippen molar-refractivity contribution in [1.82, 2.24) is 9.38 Å². The summed E-state index contributed by atoms with van der Waals surface area (Å²) in [6.07, 6.45) is 3.51. The molecular weight excluding hydrogens is 192 g/mol. The summed E-state index contributed by atoms with van der Waals surface area (Å²) in [6.45, 7) is 3.60. The normalized spacial score (nSPS) is 12.9. The lowest BCUT2D eigenvalue weighted by Crippen LogP contribution is -2.07. The van der Waals surface area contributed by atoms with Gasteiger partial charge in [0.25, 0.3) is 0 Å². The number of aryl methyl sites for hydroxylation is 1. The molecule has 0 saturated heterocycles. The first-order valence-corrected chi connectivity index (χ1v) is 4.75. The lowest BCUT2D eigenvalue weighted by atomic mass is 10.0. The molecule has 0 amide bonds. The lowest BCUT2D eigenvalue weighted by Gasteiger charge is -2.06. The van der Waals surface area contributed by atoms with Gasteiger partial charge in [-0.25, -0.2) is 4.98 Å². The number of aromatic nitrogens is 2. The van der Waals surface area contributed by atoms with Crippen LogP contribution in [0, 0.1) is 6.92 Å². The molecule has 0 aliphatic carbocycles. The highest BCUT2D eigenvalue weighted by Gasteiger charge is 2.14. The smallest absolute Gasteiger partial charge is 0.310 e. The van der Waals surface area contributed by atoms with E-state index in [2.05, 4.69) is 4.98 Å². The van der Waals surface area contributed by atoms with E-state index in [4.69, 9.17) is 5.11 Å². The second-order valence-corrected chi connectivity index (χ2v) is 3.64. The maximum absolute atomic E-state index is 10.8. The molecular formula is C11H12N2O2. The number of fused-ring (bicyclic) bond motifs is 1. The zero-order valence-corrected chi connectivity index (χ0v) is 8.64. The van der Waals surface area contributed by atoms with E-state index in [9.17, 15) is 4.79 Å². The molecule has 4 nitrogen and oxygen atoms in total. The molecule has 1 atom stereocenters. The van der Waals surface area contributed by atoms with Gasteiger partial charge in [0.05, 0.1) is 23.5 Å². The summed E-state index contributed by atoms with van der Waals surface area (Å²) >= 11 is 0. The first kappa shape index (κ1) is 9.71. The topological polar surface area (TPSA) is 54.6 Å². The first-order valence-electron chi connectivity index (χ1n) is 4.75. The highest BCUT2D eigenvalue weighted by atomic mass is 16.4. The predicted molar refractivity (Wildman–Crippen MR) is 56.0 cm³/mol. The first-order chi connectivity index (χ1) is 7.09. The van der Waals surface area contributed by atoms with Gasteiger partial charge in [0.1, 0.15) is 0 Å². The van der Waals surface area contributed by atoms with Crippen LogP contribution in [0.1, 0.15) is 24.1 Å². The fourth-order valence-electron chi connectivity index (χ4n) is 1.55. The summed E-state index contributed by atoms with van der Waals surface area (Å²) < 4.78 is 1.85. The monoisotopic (exact) mass is 204 g/mol. The molecule has 0 saturated carbocycles. The van der Waals surface area contributed by atoms with Gasteiger partial charge < -0.3 is 9.51 Å². The van der Waals surface area contributed by atoms with Crippen LogP contribution in [0.3, 0.4) is 0 Å². The number of pyridine rings is 1. The van der Waals surface area contributed by atoms with Crippen LogP contribution in [0.25, 0.3) is 5.52 Å². The molecule has 0 aliphatic rings. The van der Waals surface area contributed by atoms with Crippen molar-refractivity contribution in [2.24, 2.45) is 0 Å². The van der Waals surface area contributed by atoms with Crippen LogP contribution in [0.15, 0.2) is 24.7 Å². The van der Waals surface area contributed by atoms with Crippen LogP contribution in [0.5, 0.6) is 0 Å². The van der Waals surface area contributed by atoms with Gasteiger partial charge in [-0.3, -0.25) is 4.79 Å². The maximum Gasteiger partial charge on any atom is 0.310 e. The van der Waals surface area contributed by atoms with Gasteiger partial charge in [0.15, 0.2) is 0 Å². The van der Waals surface area contributed by atoms with Gasteiger partial charge >= 0.3 is 5.97 Å². The third-order valence-corrected chi connectivity index (χ3v) is 2.62. The Hall–Kier alpha value is -1.84. The molecule has 2 aromatic heterocycles. The van der Waals surface area contributed by atoms with E-state index < -0.39 is 11.9 Å². The van der Waals surface area contributed by atoms with Crippen molar-refractivity contribution in [3.63, 3.8) is 0 Å². The molecule has 0 aromatic carbocycles. The lowest BCUT2D eigenvalue weighted by molar-refractivity contribution is -0.138. The Morgan fingerprint density at radius 1 is 1.53 bits per heavy atom. The molecule has 0 radical (unpaired) electrons. The number of hydrogen-bond acceptors (Lipinski definition) is 2. The van der Waals surface area contributed by atoms with E-state index in [1.165, 1.54) is 0 Å². The number of carbonyl (C=O) groups is 1. The highest BCUT2D eigenvalue weighted by molar-refractivity contribution is 5.75. The summed E-state index contributed by atoms with van der Waals surface area (Å²) in [5.41, 5.74) is 2.74. The zero-order valence-electron chi connectivity index (χ0n) is 8.64. The fourth-order valence-corrected chi connectivity index (χ4v) is 1.55. The Kier molecular flexibility index (Phi) is 2.19. The number of carboxylic acid groups (broad SMARTS) is 1. The van der Waals surface area contributed by atoms with Crippen molar-refractivity contribution in [1.29, 1.82) is 0 Å². The Morgan fingerprint density at radius 3 is 2.93 bits per heavy atom. The van der Waals surface area contributed by atoms with Gasteiger partial charge in [0, 0.05) is 6.20 Å². The standard InChI is InChI=1S/C11H12N2O2/c1-7(11(14)15)9-3-4-10-8(2)12-6-13(10)5-9/h3-7H,1-2H3,(H,14,15). The second kappa shape index (κ2) is 3.38. The van der Waals surface area contributed by atoms with Crippen molar-refractivity contribution >= 4 is 11.5 Å². The molecule has 0 aliphatic heterocycles. The Bertz CT molecular complexity index is 516. The van der Waals surface area contributed by atoms with Crippen LogP contribution >= 0.6 is 0 Å². The van der Waals surface area contributed by atoms with E-state index in [-0.39, 0.29) is 0 Å². The maximum atomic E-state index is 10.8. The largest absolute Gasteiger partial charge is 0.481 e. The average molecular weight is 204 g/mol. The minimum Gasteiger partial charge on any atom is -0.481 e. The second-order valence-electron chi connectivity index (χ2n) is 3.64. The third kappa shape index (κ3) is 1.58. The summed E-state index contributed by atoms with van der Waals surface area (Å²) in [5, 5.41) is 8.89. The van der Waals surface area contributed by atoms with Gasteiger partial charge in [0.2, 0.25) is 0 Å². The van der Waals surface area contributed by atoms with E-state index in [0.717, 1.165) is 16.8 Å². The molecule has 0 bridgehead atoms. The summed E-state index contributed by atoms with van der Waals surface area (Å²) in [7, 11) is 0. The number of rotatable bonds is 2. The molecule has 2 aromatic rings. The molecule has 0 spiro atoms. The van der Waals surface area contributed by atoms with Crippen molar-refractivity contribution in [3.05, 3.63) is 35.9 Å². The van der Waals surface area contributed by atoms with E-state index in [1.807, 2.05) is 29.7 Å². The van der Waals surface area contributed by atoms with Crippen LogP contribution in [0.2, 0.25) is 0 Å². The molecule has 15 heavy (non-hydrogen) atoms. The fraction of sp³-hybridized carbons (Fsp3) is 0.273. The van der Waals surface area contributed by atoms with Gasteiger partial charge in [-0.2, -0.15) is 0 Å². The quantitative estimate of drug-likeness (QED) is 0.811. The molecule has 2 heterocycles. The van der Waals surface area contributed by atoms with Gasteiger partial charge in [-0.05, 0) is 25.5 Å². The van der Waals surface area contributed by atoms with Crippen molar-refractivity contribution in [3.8, 4) is 0 Å². The Morgan fingerprint density at radius 2 is 2.27 bits per heavy atom. The van der Waals surface area contributed by atoms with Crippen molar-refractivity contribution < 1.29 is 9.90 Å². The number of imidazole rings is 1. The molecule has 78 valence electrons. The van der Waals surface area contributed by atoms with E-state index in [0.29, 0.717) is 0 Å². The Labute approximate surface area is 87.2 Å². The molecule has 2 rings (SSSR count). The summed E-state index contributed by atoms with van der Waals surface area (Å²) in [6, 6.07) is 3.74. The number of aliphatic carboxylic acids is 1. The minimum absolute atomic E-state index is 0.489. The predicted octanol–water partition coefficient (Wildman–Crippen LogP) is 1.83. The molecule has 1 N–H and O–H groups in total. The van der Waals surface area contributed by atoms with Crippen LogP contribution in [-0.2, 0) is 4.79 Å². The minimum atomic E-state index is -0.814. The summed E-state index contributed by atoms with van der Waals surface area (Å²) in [4.78, 5) is 15.0. The number of nitrogens with zero attached hydrogens (tertiary/aromatic N) is 2. The molecule has 4 heteroatoms. The molecule has 1 unspecified atom stereocenters. The summed E-state index contributed by atoms with van der Waals surface area (Å²) in [5.74, 6) is -1.30. The molecule has 0 fully saturated rings. The number of carboxylic acids is 1. The highest BCUT2D eigenvalue weighted by Crippen LogP contribution is 2.17. The van der Waals surface area contributed by atoms with Crippen LogP contribution in [0.4, 0.5) is 0 Å². The Balaban J connectivity index is 2.52. The van der Waals surface area contributed by atoms with E-state index >= 15 is 0 Å². The number of hydrogen-bond donors (Lipinski definition) is 1. The van der Waals surface area contributed by atoms with E-state index in [1.54, 1.807) is 13.3 Å². The zero-order chi connectivity index (χ0) is 11.0. The van der Waals surface area contributed by atoms with Crippen LogP contribution in [-0.4, -0.2) is 20.5 Å². The third-order valence-electron chi connectivity index (χ3n) is 2.62. The van der Waals surface area contributed by atoms with Crippen molar-refractivity contribution in [2.45, 2.75) is 19.8 Å². The average Bonchev–Trinajstić information content (AvgIpc) is 2.59. The SMILES string of the molecule is Cc1ncn2cc(C(C)C(=O)O)ccc12.